The van der Waals surface area contributed by atoms with Crippen LogP contribution in [0, 0.1) is 12.8 Å². The Bertz CT molecular complexity index is 1130. The molecule has 0 bridgehead atoms. The number of allylic oxidation sites excluding steroid dienone is 2. The number of nitrogens with zero attached hydrogens (tertiary/aromatic N) is 1. The molecule has 0 saturated heterocycles. The average molecular weight is 442 g/mol. The zero-order valence-electron chi connectivity index (χ0n) is 19.1. The summed E-state index contributed by atoms with van der Waals surface area (Å²) in [5.74, 6) is 2.02. The second-order valence-electron chi connectivity index (χ2n) is 9.25. The van der Waals surface area contributed by atoms with E-state index in [2.05, 4.69) is 26.8 Å². The molecule has 2 atom stereocenters. The zero-order valence-corrected chi connectivity index (χ0v) is 19.9. The maximum atomic E-state index is 13.2. The number of anilines is 1. The Morgan fingerprint density at radius 3 is 2.45 bits per heavy atom. The topological polar surface area (TPSA) is 55.8 Å². The second kappa shape index (κ2) is 7.59. The van der Waals surface area contributed by atoms with Crippen LogP contribution in [0.15, 0.2) is 52.9 Å². The summed E-state index contributed by atoms with van der Waals surface area (Å²) in [7, 11) is -0.505. The maximum absolute atomic E-state index is 13.2. The number of rotatable bonds is 4. The number of hydrogen-bond acceptors (Lipinski definition) is 4. The molecule has 2 unspecified atom stereocenters. The number of hydrogen-bond donors (Lipinski definition) is 0. The highest BCUT2D eigenvalue weighted by atomic mass is 32.2. The van der Waals surface area contributed by atoms with E-state index >= 15 is 0 Å². The summed E-state index contributed by atoms with van der Waals surface area (Å²) in [6, 6.07) is 10.5. The maximum Gasteiger partial charge on any atom is 0.264 e. The largest absolute Gasteiger partial charge is 0.496 e. The lowest BCUT2D eigenvalue weighted by Crippen LogP contribution is -2.45. The summed E-state index contributed by atoms with van der Waals surface area (Å²) in [5, 5.41) is 0. The van der Waals surface area contributed by atoms with Gasteiger partial charge in [-0.15, -0.1) is 0 Å². The lowest BCUT2D eigenvalue weighted by molar-refractivity contribution is 0.00765. The fraction of sp³-hybridized carbons (Fsp3) is 0.440. The van der Waals surface area contributed by atoms with Crippen molar-refractivity contribution in [3.8, 4) is 11.5 Å². The lowest BCUT2D eigenvalue weighted by Gasteiger charge is -2.47. The lowest BCUT2D eigenvalue weighted by atomic mass is 9.67. The summed E-state index contributed by atoms with van der Waals surface area (Å²) >= 11 is 0. The Labute approximate surface area is 185 Å². The molecule has 4 rings (SSSR count). The molecule has 0 fully saturated rings. The van der Waals surface area contributed by atoms with Gasteiger partial charge < -0.3 is 9.47 Å². The minimum Gasteiger partial charge on any atom is -0.496 e. The molecule has 0 amide bonds. The van der Waals surface area contributed by atoms with Crippen LogP contribution in [0.2, 0.25) is 0 Å². The number of sulfonamides is 1. The highest BCUT2D eigenvalue weighted by Crippen LogP contribution is 2.55. The van der Waals surface area contributed by atoms with Crippen molar-refractivity contribution in [1.82, 2.24) is 0 Å². The smallest absolute Gasteiger partial charge is 0.264 e. The number of ether oxygens (including phenoxy) is 2. The Morgan fingerprint density at radius 2 is 1.81 bits per heavy atom. The first-order valence-corrected chi connectivity index (χ1v) is 12.1. The third-order valence-corrected chi connectivity index (χ3v) is 8.54. The predicted octanol–water partition coefficient (Wildman–Crippen LogP) is 5.44. The Morgan fingerprint density at radius 1 is 1.13 bits per heavy atom. The summed E-state index contributed by atoms with van der Waals surface area (Å²) in [5.41, 5.74) is 3.60. The monoisotopic (exact) mass is 441 g/mol. The van der Waals surface area contributed by atoms with Gasteiger partial charge in [-0.3, -0.25) is 4.31 Å². The number of benzene rings is 2. The molecule has 2 aliphatic rings. The molecular formula is C25H31NO4S. The van der Waals surface area contributed by atoms with Crippen LogP contribution < -0.4 is 13.8 Å². The van der Waals surface area contributed by atoms with E-state index in [1.807, 2.05) is 19.1 Å². The molecule has 0 saturated carbocycles. The molecule has 166 valence electrons. The summed E-state index contributed by atoms with van der Waals surface area (Å²) in [4.78, 5) is 0.256. The molecule has 0 N–H and O–H groups in total. The molecule has 31 heavy (non-hydrogen) atoms. The van der Waals surface area contributed by atoms with Crippen molar-refractivity contribution in [2.75, 3.05) is 18.5 Å². The normalized spacial score (nSPS) is 21.9. The van der Waals surface area contributed by atoms with Gasteiger partial charge in [0.2, 0.25) is 0 Å². The van der Waals surface area contributed by atoms with Crippen molar-refractivity contribution in [3.63, 3.8) is 0 Å². The average Bonchev–Trinajstić information content (AvgIpc) is 2.71. The molecule has 0 aromatic heterocycles. The van der Waals surface area contributed by atoms with E-state index in [4.69, 9.17) is 9.47 Å². The molecule has 2 aromatic carbocycles. The summed E-state index contributed by atoms with van der Waals surface area (Å²) in [6.07, 6.45) is 4.23. The Hall–Kier alpha value is -2.47. The Balaban J connectivity index is 1.81. The second-order valence-corrected chi connectivity index (χ2v) is 11.2. The van der Waals surface area contributed by atoms with Gasteiger partial charge in [-0.1, -0.05) is 29.3 Å². The fourth-order valence-corrected chi connectivity index (χ4v) is 6.07. The van der Waals surface area contributed by atoms with Gasteiger partial charge >= 0.3 is 0 Å². The van der Waals surface area contributed by atoms with E-state index in [1.54, 1.807) is 38.4 Å². The van der Waals surface area contributed by atoms with Gasteiger partial charge in [0.1, 0.15) is 17.1 Å². The van der Waals surface area contributed by atoms with Crippen LogP contribution in [0.4, 0.5) is 5.69 Å². The third kappa shape index (κ3) is 3.71. The SMILES string of the molecule is COc1cc(N(C)S(=O)(=O)c2ccc(C)cc2)cc2c1C1CC(C)=CCC1C(C)(C)O2. The molecule has 2 aromatic rings. The van der Waals surface area contributed by atoms with Gasteiger partial charge in [-0.2, -0.15) is 0 Å². The van der Waals surface area contributed by atoms with Gasteiger partial charge in [-0.25, -0.2) is 8.42 Å². The molecule has 1 heterocycles. The standard InChI is InChI=1S/C25H31NO4S/c1-16-7-10-19(11-8-16)31(27,28)26(5)18-14-22(29-6)24-20-13-17(2)9-12-21(20)25(3,4)30-23(24)15-18/h7-11,14-15,20-21H,12-13H2,1-6H3. The van der Waals surface area contributed by atoms with Crippen molar-refractivity contribution < 1.29 is 17.9 Å². The molecule has 1 aliphatic carbocycles. The van der Waals surface area contributed by atoms with Crippen LogP contribution in [-0.2, 0) is 10.0 Å². The summed E-state index contributed by atoms with van der Waals surface area (Å²) < 4.78 is 40.0. The minimum atomic E-state index is -3.71. The van der Waals surface area contributed by atoms with E-state index in [0.29, 0.717) is 23.1 Å². The zero-order chi connectivity index (χ0) is 22.6. The molecule has 5 nitrogen and oxygen atoms in total. The van der Waals surface area contributed by atoms with Crippen molar-refractivity contribution in [2.24, 2.45) is 5.92 Å². The minimum absolute atomic E-state index is 0.256. The van der Waals surface area contributed by atoms with Crippen LogP contribution in [-0.4, -0.2) is 28.2 Å². The Kier molecular flexibility index (Phi) is 5.32. The summed E-state index contributed by atoms with van der Waals surface area (Å²) in [6.45, 7) is 8.34. The first-order chi connectivity index (χ1) is 14.5. The van der Waals surface area contributed by atoms with Crippen LogP contribution in [0.3, 0.4) is 0 Å². The molecule has 0 radical (unpaired) electrons. The number of aryl methyl sites for hydroxylation is 1. The van der Waals surface area contributed by atoms with Crippen LogP contribution in [0.25, 0.3) is 0 Å². The van der Waals surface area contributed by atoms with Crippen LogP contribution in [0.5, 0.6) is 11.5 Å². The quantitative estimate of drug-likeness (QED) is 0.593. The van der Waals surface area contributed by atoms with Gasteiger partial charge in [0.25, 0.3) is 10.0 Å². The van der Waals surface area contributed by atoms with Crippen molar-refractivity contribution in [2.45, 2.75) is 57.0 Å². The third-order valence-electron chi connectivity index (χ3n) is 6.74. The molecule has 1 aliphatic heterocycles. The first kappa shape index (κ1) is 21.8. The van der Waals surface area contributed by atoms with E-state index in [-0.39, 0.29) is 16.4 Å². The van der Waals surface area contributed by atoms with Gasteiger partial charge in [0.15, 0.2) is 0 Å². The first-order valence-electron chi connectivity index (χ1n) is 10.7. The van der Waals surface area contributed by atoms with E-state index in [1.165, 1.54) is 9.88 Å². The van der Waals surface area contributed by atoms with E-state index < -0.39 is 10.0 Å². The molecule has 6 heteroatoms. The van der Waals surface area contributed by atoms with Crippen LogP contribution in [0.1, 0.15) is 50.7 Å². The van der Waals surface area contributed by atoms with Crippen molar-refractivity contribution >= 4 is 15.7 Å². The van der Waals surface area contributed by atoms with Gasteiger partial charge in [0.05, 0.1) is 17.7 Å². The molecular weight excluding hydrogens is 410 g/mol. The van der Waals surface area contributed by atoms with E-state index in [9.17, 15) is 8.42 Å². The number of methoxy groups -OCH3 is 1. The van der Waals surface area contributed by atoms with Gasteiger partial charge in [-0.05, 0) is 52.7 Å². The van der Waals surface area contributed by atoms with Crippen molar-refractivity contribution in [1.29, 1.82) is 0 Å². The van der Waals surface area contributed by atoms with E-state index in [0.717, 1.165) is 24.0 Å². The highest BCUT2D eigenvalue weighted by Gasteiger charge is 2.46. The number of fused-ring (bicyclic) bond motifs is 3. The predicted molar refractivity (Wildman–Crippen MR) is 124 cm³/mol. The van der Waals surface area contributed by atoms with Gasteiger partial charge in [0, 0.05) is 36.6 Å². The van der Waals surface area contributed by atoms with Crippen LogP contribution >= 0.6 is 0 Å². The van der Waals surface area contributed by atoms with Crippen molar-refractivity contribution in [3.05, 3.63) is 59.2 Å². The highest BCUT2D eigenvalue weighted by molar-refractivity contribution is 7.92. The fourth-order valence-electron chi connectivity index (χ4n) is 4.89. The molecule has 0 spiro atoms.